The second-order valence-corrected chi connectivity index (χ2v) is 9.74. The van der Waals surface area contributed by atoms with Crippen molar-refractivity contribution < 1.29 is 22.0 Å². The fourth-order valence-electron chi connectivity index (χ4n) is 3.76. The van der Waals surface area contributed by atoms with Gasteiger partial charge in [0.2, 0.25) is 10.0 Å². The number of hydrogen-bond acceptors (Lipinski definition) is 4. The maximum Gasteiger partial charge on any atom is 0.255 e. The Bertz CT molecular complexity index is 1470. The molecule has 0 saturated heterocycles. The highest BCUT2D eigenvalue weighted by atomic mass is 32.2. The Labute approximate surface area is 190 Å². The zero-order chi connectivity index (χ0) is 23.2. The second-order valence-electron chi connectivity index (χ2n) is 8.03. The predicted octanol–water partition coefficient (Wildman–Crippen LogP) is 4.71. The summed E-state index contributed by atoms with van der Waals surface area (Å²) in [6.07, 6.45) is 1.71. The summed E-state index contributed by atoms with van der Waals surface area (Å²) in [6.45, 7) is 0. The van der Waals surface area contributed by atoms with E-state index in [0.29, 0.717) is 33.4 Å². The predicted molar refractivity (Wildman–Crippen MR) is 124 cm³/mol. The van der Waals surface area contributed by atoms with Gasteiger partial charge in [-0.15, -0.1) is 0 Å². The highest BCUT2D eigenvalue weighted by molar-refractivity contribution is 7.89. The monoisotopic (exact) mass is 464 g/mol. The van der Waals surface area contributed by atoms with Gasteiger partial charge in [-0.1, -0.05) is 18.2 Å². The molecule has 0 radical (unpaired) electrons. The van der Waals surface area contributed by atoms with E-state index in [1.165, 1.54) is 19.2 Å². The van der Waals surface area contributed by atoms with Crippen molar-refractivity contribution in [3.8, 4) is 22.5 Å². The fourth-order valence-corrected chi connectivity index (χ4v) is 5.11. The van der Waals surface area contributed by atoms with E-state index in [2.05, 4.69) is 10.0 Å². The van der Waals surface area contributed by atoms with Crippen LogP contribution in [0.1, 0.15) is 23.2 Å². The van der Waals surface area contributed by atoms with Gasteiger partial charge in [0.1, 0.15) is 17.2 Å². The third-order valence-electron chi connectivity index (χ3n) is 5.63. The van der Waals surface area contributed by atoms with Crippen molar-refractivity contribution in [1.29, 1.82) is 0 Å². The largest absolute Gasteiger partial charge is 0.455 e. The molecule has 0 spiro atoms. The van der Waals surface area contributed by atoms with Crippen molar-refractivity contribution in [3.63, 3.8) is 0 Å². The Morgan fingerprint density at radius 1 is 0.970 bits per heavy atom. The number of sulfonamides is 1. The minimum atomic E-state index is -3.59. The molecule has 0 atom stereocenters. The number of carbonyl (C=O) groups is 1. The van der Waals surface area contributed by atoms with Crippen LogP contribution in [0.25, 0.3) is 33.4 Å². The Kier molecular flexibility index (Phi) is 5.26. The van der Waals surface area contributed by atoms with Crippen LogP contribution >= 0.6 is 0 Å². The van der Waals surface area contributed by atoms with Gasteiger partial charge >= 0.3 is 0 Å². The number of hydrogen-bond donors (Lipinski definition) is 2. The van der Waals surface area contributed by atoms with Gasteiger partial charge in [0.25, 0.3) is 5.91 Å². The van der Waals surface area contributed by atoms with Crippen LogP contribution in [0.15, 0.2) is 76.0 Å². The number of carbonyl (C=O) groups excluding carboxylic acids is 1. The molecule has 5 rings (SSSR count). The summed E-state index contributed by atoms with van der Waals surface area (Å²) in [6, 6.07) is 17.8. The van der Waals surface area contributed by atoms with Crippen LogP contribution in [0.4, 0.5) is 4.39 Å². The average molecular weight is 465 g/mol. The Morgan fingerprint density at radius 3 is 2.36 bits per heavy atom. The van der Waals surface area contributed by atoms with Crippen LogP contribution < -0.4 is 10.0 Å². The van der Waals surface area contributed by atoms with E-state index in [4.69, 9.17) is 4.42 Å². The van der Waals surface area contributed by atoms with Gasteiger partial charge in [-0.25, -0.2) is 17.5 Å². The topological polar surface area (TPSA) is 88.4 Å². The molecule has 0 bridgehead atoms. The van der Waals surface area contributed by atoms with Crippen molar-refractivity contribution in [2.24, 2.45) is 0 Å². The summed E-state index contributed by atoms with van der Waals surface area (Å²) in [5.74, 6) is -0.383. The quantitative estimate of drug-likeness (QED) is 0.433. The zero-order valence-corrected chi connectivity index (χ0v) is 18.6. The average Bonchev–Trinajstić information content (AvgIpc) is 3.54. The molecule has 1 aliphatic carbocycles. The lowest BCUT2D eigenvalue weighted by molar-refractivity contribution is 0.0964. The minimum absolute atomic E-state index is 0.0148. The zero-order valence-electron chi connectivity index (χ0n) is 17.8. The van der Waals surface area contributed by atoms with Crippen LogP contribution in [0.5, 0.6) is 0 Å². The van der Waals surface area contributed by atoms with E-state index in [1.807, 2.05) is 12.1 Å². The summed E-state index contributed by atoms with van der Waals surface area (Å²) >= 11 is 0. The van der Waals surface area contributed by atoms with E-state index >= 15 is 0 Å². The first-order chi connectivity index (χ1) is 15.9. The molecule has 6 nitrogen and oxygen atoms in total. The molecule has 8 heteroatoms. The van der Waals surface area contributed by atoms with E-state index in [1.54, 1.807) is 42.5 Å². The number of fused-ring (bicyclic) bond motifs is 1. The maximum atomic E-state index is 13.4. The van der Waals surface area contributed by atoms with Crippen LogP contribution in [-0.2, 0) is 10.0 Å². The molecule has 1 heterocycles. The van der Waals surface area contributed by atoms with Gasteiger partial charge in [0.05, 0.1) is 10.5 Å². The van der Waals surface area contributed by atoms with Crippen LogP contribution in [0.2, 0.25) is 0 Å². The van der Waals surface area contributed by atoms with Crippen molar-refractivity contribution in [2.75, 3.05) is 7.05 Å². The first-order valence-corrected chi connectivity index (χ1v) is 12.0. The van der Waals surface area contributed by atoms with E-state index in [0.717, 1.165) is 18.4 Å². The van der Waals surface area contributed by atoms with Gasteiger partial charge in [0.15, 0.2) is 0 Å². The standard InChI is InChI=1S/C25H21FN2O4S/c1-27-25(29)23-21-14-17(7-12-22(21)32-24(23)15-5-8-18(26)9-6-15)16-3-2-4-20(13-16)33(30,31)28-19-10-11-19/h2-9,12-14,19,28H,10-11H2,1H3,(H,27,29). The number of halogens is 1. The van der Waals surface area contributed by atoms with Crippen LogP contribution in [-0.4, -0.2) is 27.4 Å². The van der Waals surface area contributed by atoms with E-state index in [-0.39, 0.29) is 22.7 Å². The molecule has 1 fully saturated rings. The van der Waals surface area contributed by atoms with Crippen molar-refractivity contribution in [1.82, 2.24) is 10.0 Å². The first kappa shape index (κ1) is 21.4. The number of furan rings is 1. The normalized spacial score (nSPS) is 13.9. The number of amides is 1. The van der Waals surface area contributed by atoms with E-state index < -0.39 is 10.0 Å². The second kappa shape index (κ2) is 8.13. The van der Waals surface area contributed by atoms with Gasteiger partial charge in [-0.2, -0.15) is 0 Å². The van der Waals surface area contributed by atoms with Crippen LogP contribution in [0.3, 0.4) is 0 Å². The molecule has 1 aliphatic rings. The summed E-state index contributed by atoms with van der Waals surface area (Å²) < 4.78 is 47.4. The molecule has 0 aliphatic heterocycles. The molecule has 4 aromatic rings. The molecule has 168 valence electrons. The SMILES string of the molecule is CNC(=O)c1c(-c2ccc(F)cc2)oc2ccc(-c3cccc(S(=O)(=O)NC4CC4)c3)cc12. The fraction of sp³-hybridized carbons (Fsp3) is 0.160. The van der Waals surface area contributed by atoms with Gasteiger partial charge in [-0.05, 0) is 72.5 Å². The lowest BCUT2D eigenvalue weighted by atomic mass is 10.00. The molecule has 2 N–H and O–H groups in total. The molecule has 1 saturated carbocycles. The maximum absolute atomic E-state index is 13.4. The lowest BCUT2D eigenvalue weighted by Crippen LogP contribution is -2.25. The van der Waals surface area contributed by atoms with Gasteiger partial charge in [0, 0.05) is 24.0 Å². The number of benzene rings is 3. The molecule has 0 unspecified atom stereocenters. The minimum Gasteiger partial charge on any atom is -0.455 e. The Balaban J connectivity index is 1.62. The highest BCUT2D eigenvalue weighted by Crippen LogP contribution is 2.36. The molecular weight excluding hydrogens is 443 g/mol. The van der Waals surface area contributed by atoms with Crippen LogP contribution in [0, 0.1) is 5.82 Å². The van der Waals surface area contributed by atoms with Crippen molar-refractivity contribution >= 4 is 26.9 Å². The third-order valence-corrected chi connectivity index (χ3v) is 7.14. The van der Waals surface area contributed by atoms with Crippen molar-refractivity contribution in [3.05, 3.63) is 78.1 Å². The van der Waals surface area contributed by atoms with E-state index in [9.17, 15) is 17.6 Å². The Morgan fingerprint density at radius 2 is 1.67 bits per heavy atom. The molecule has 1 aromatic heterocycles. The summed E-state index contributed by atoms with van der Waals surface area (Å²) in [5.41, 5.74) is 2.84. The van der Waals surface area contributed by atoms with Gasteiger partial charge < -0.3 is 9.73 Å². The summed E-state index contributed by atoms with van der Waals surface area (Å²) in [4.78, 5) is 13.0. The number of rotatable bonds is 6. The highest BCUT2D eigenvalue weighted by Gasteiger charge is 2.28. The lowest BCUT2D eigenvalue weighted by Gasteiger charge is -2.08. The summed E-state index contributed by atoms with van der Waals surface area (Å²) in [7, 11) is -2.07. The molecule has 1 amide bonds. The molecule has 3 aromatic carbocycles. The smallest absolute Gasteiger partial charge is 0.255 e. The summed E-state index contributed by atoms with van der Waals surface area (Å²) in [5, 5.41) is 3.21. The van der Waals surface area contributed by atoms with Gasteiger partial charge in [-0.3, -0.25) is 4.79 Å². The number of nitrogens with one attached hydrogen (secondary N) is 2. The Hall–Kier alpha value is -3.49. The van der Waals surface area contributed by atoms with Crippen molar-refractivity contribution in [2.45, 2.75) is 23.8 Å². The molecule has 33 heavy (non-hydrogen) atoms. The first-order valence-electron chi connectivity index (χ1n) is 10.5. The third kappa shape index (κ3) is 4.15. The molecular formula is C25H21FN2O4S.